The van der Waals surface area contributed by atoms with Gasteiger partial charge in [-0.2, -0.15) is 0 Å². The van der Waals surface area contributed by atoms with Gasteiger partial charge in [-0.05, 0) is 36.2 Å². The van der Waals surface area contributed by atoms with Gasteiger partial charge in [0, 0.05) is 4.47 Å². The molecule has 110 valence electrons. The van der Waals surface area contributed by atoms with E-state index in [-0.39, 0.29) is 12.4 Å². The molecule has 0 unspecified atom stereocenters. The molecule has 0 fully saturated rings. The number of benzene rings is 2. The smallest absolute Gasteiger partial charge is 0.310 e. The Morgan fingerprint density at radius 1 is 1.10 bits per heavy atom. The van der Waals surface area contributed by atoms with Crippen LogP contribution in [0.4, 0.5) is 0 Å². The summed E-state index contributed by atoms with van der Waals surface area (Å²) in [7, 11) is 0. The van der Waals surface area contributed by atoms with Crippen LogP contribution in [0.3, 0.4) is 0 Å². The van der Waals surface area contributed by atoms with E-state index in [1.54, 1.807) is 6.92 Å². The quantitative estimate of drug-likeness (QED) is 0.736. The Balaban J connectivity index is 2.03. The summed E-state index contributed by atoms with van der Waals surface area (Å²) in [5.41, 5.74) is 1.97. The second-order valence-corrected chi connectivity index (χ2v) is 5.47. The molecule has 0 atom stereocenters. The van der Waals surface area contributed by atoms with Crippen LogP contribution in [0.2, 0.25) is 0 Å². The lowest BCUT2D eigenvalue weighted by Gasteiger charge is -2.09. The minimum Gasteiger partial charge on any atom is -0.489 e. The van der Waals surface area contributed by atoms with Gasteiger partial charge >= 0.3 is 5.97 Å². The van der Waals surface area contributed by atoms with E-state index >= 15 is 0 Å². The van der Waals surface area contributed by atoms with Gasteiger partial charge in [-0.25, -0.2) is 0 Å². The highest BCUT2D eigenvalue weighted by atomic mass is 79.9. The molecule has 0 aliphatic carbocycles. The zero-order valence-electron chi connectivity index (χ0n) is 11.8. The fourth-order valence-electron chi connectivity index (χ4n) is 1.93. The number of ether oxygens (including phenoxy) is 2. The first-order chi connectivity index (χ1) is 10.2. The van der Waals surface area contributed by atoms with Gasteiger partial charge in [0.2, 0.25) is 0 Å². The van der Waals surface area contributed by atoms with Crippen LogP contribution in [0.15, 0.2) is 53.0 Å². The summed E-state index contributed by atoms with van der Waals surface area (Å²) in [6.45, 7) is 2.69. The normalized spacial score (nSPS) is 10.2. The highest BCUT2D eigenvalue weighted by Crippen LogP contribution is 2.23. The summed E-state index contributed by atoms with van der Waals surface area (Å²) in [4.78, 5) is 11.5. The van der Waals surface area contributed by atoms with Crippen molar-refractivity contribution >= 4 is 21.9 Å². The second kappa shape index (κ2) is 7.84. The molecule has 4 heteroatoms. The summed E-state index contributed by atoms with van der Waals surface area (Å²) >= 11 is 3.44. The largest absolute Gasteiger partial charge is 0.489 e. The monoisotopic (exact) mass is 348 g/mol. The van der Waals surface area contributed by atoms with Crippen LogP contribution in [0.5, 0.6) is 5.75 Å². The van der Waals surface area contributed by atoms with Gasteiger partial charge in [0.25, 0.3) is 0 Å². The zero-order valence-corrected chi connectivity index (χ0v) is 13.4. The van der Waals surface area contributed by atoms with Gasteiger partial charge in [-0.15, -0.1) is 0 Å². The van der Waals surface area contributed by atoms with Crippen molar-refractivity contribution in [2.45, 2.75) is 20.0 Å². The molecule has 0 aliphatic heterocycles. The molecule has 0 aliphatic rings. The first-order valence-electron chi connectivity index (χ1n) is 6.79. The van der Waals surface area contributed by atoms with Crippen LogP contribution in [0.1, 0.15) is 18.1 Å². The van der Waals surface area contributed by atoms with E-state index in [4.69, 9.17) is 9.47 Å². The highest BCUT2D eigenvalue weighted by Gasteiger charge is 2.07. The Kier molecular flexibility index (Phi) is 5.81. The lowest BCUT2D eigenvalue weighted by Crippen LogP contribution is -2.07. The molecule has 2 aromatic carbocycles. The molecule has 0 bridgehead atoms. The number of hydrogen-bond donors (Lipinski definition) is 0. The molecular weight excluding hydrogens is 332 g/mol. The topological polar surface area (TPSA) is 35.5 Å². The van der Waals surface area contributed by atoms with E-state index in [0.29, 0.717) is 13.2 Å². The standard InChI is InChI=1S/C17H17BrO3/c1-2-20-17(19)10-14-8-15(18)11-16(9-14)21-12-13-6-4-3-5-7-13/h3-9,11H,2,10,12H2,1H3. The van der Waals surface area contributed by atoms with Gasteiger partial charge in [0.05, 0.1) is 13.0 Å². The summed E-state index contributed by atoms with van der Waals surface area (Å²) in [6.07, 6.45) is 0.245. The van der Waals surface area contributed by atoms with Crippen LogP contribution in [0.25, 0.3) is 0 Å². The highest BCUT2D eigenvalue weighted by molar-refractivity contribution is 9.10. The van der Waals surface area contributed by atoms with Crippen molar-refractivity contribution in [3.8, 4) is 5.75 Å². The lowest BCUT2D eigenvalue weighted by molar-refractivity contribution is -0.142. The molecule has 0 saturated heterocycles. The van der Waals surface area contributed by atoms with Crippen LogP contribution in [-0.4, -0.2) is 12.6 Å². The number of hydrogen-bond acceptors (Lipinski definition) is 3. The third-order valence-electron chi connectivity index (χ3n) is 2.83. The fraction of sp³-hybridized carbons (Fsp3) is 0.235. The Bertz CT molecular complexity index is 596. The van der Waals surface area contributed by atoms with Crippen LogP contribution in [0, 0.1) is 0 Å². The molecular formula is C17H17BrO3. The van der Waals surface area contributed by atoms with E-state index in [9.17, 15) is 4.79 Å². The van der Waals surface area contributed by atoms with E-state index in [0.717, 1.165) is 21.3 Å². The predicted octanol–water partition coefficient (Wildman–Crippen LogP) is 4.13. The SMILES string of the molecule is CCOC(=O)Cc1cc(Br)cc(OCc2ccccc2)c1. The van der Waals surface area contributed by atoms with Gasteiger partial charge < -0.3 is 9.47 Å². The number of carbonyl (C=O) groups excluding carboxylic acids is 1. The Morgan fingerprint density at radius 3 is 2.57 bits per heavy atom. The maximum atomic E-state index is 11.5. The van der Waals surface area contributed by atoms with Crippen molar-refractivity contribution in [1.82, 2.24) is 0 Å². The Hall–Kier alpha value is -1.81. The first kappa shape index (κ1) is 15.6. The molecule has 21 heavy (non-hydrogen) atoms. The van der Waals surface area contributed by atoms with E-state index in [1.807, 2.05) is 48.5 Å². The van der Waals surface area contributed by atoms with Crippen LogP contribution < -0.4 is 4.74 Å². The van der Waals surface area contributed by atoms with Crippen molar-refractivity contribution in [1.29, 1.82) is 0 Å². The summed E-state index contributed by atoms with van der Waals surface area (Å²) < 4.78 is 11.6. The van der Waals surface area contributed by atoms with Crippen molar-refractivity contribution in [2.24, 2.45) is 0 Å². The predicted molar refractivity (Wildman–Crippen MR) is 85.3 cm³/mol. The molecule has 3 nitrogen and oxygen atoms in total. The Morgan fingerprint density at radius 2 is 1.86 bits per heavy atom. The van der Waals surface area contributed by atoms with E-state index in [1.165, 1.54) is 0 Å². The maximum absolute atomic E-state index is 11.5. The minimum absolute atomic E-state index is 0.232. The van der Waals surface area contributed by atoms with E-state index in [2.05, 4.69) is 15.9 Å². The fourth-order valence-corrected chi connectivity index (χ4v) is 2.45. The second-order valence-electron chi connectivity index (χ2n) is 4.55. The number of carbonyl (C=O) groups is 1. The molecule has 2 aromatic rings. The van der Waals surface area contributed by atoms with Gasteiger partial charge in [-0.3, -0.25) is 4.79 Å². The third kappa shape index (κ3) is 5.23. The summed E-state index contributed by atoms with van der Waals surface area (Å²) in [5, 5.41) is 0. The third-order valence-corrected chi connectivity index (χ3v) is 3.29. The number of halogens is 1. The molecule has 2 rings (SSSR count). The van der Waals surface area contributed by atoms with E-state index < -0.39 is 0 Å². The first-order valence-corrected chi connectivity index (χ1v) is 7.58. The number of rotatable bonds is 6. The molecule has 0 radical (unpaired) electrons. The zero-order chi connectivity index (χ0) is 15.1. The van der Waals surface area contributed by atoms with Gasteiger partial charge in [0.1, 0.15) is 12.4 Å². The van der Waals surface area contributed by atoms with Crippen LogP contribution >= 0.6 is 15.9 Å². The molecule has 0 aromatic heterocycles. The maximum Gasteiger partial charge on any atom is 0.310 e. The summed E-state index contributed by atoms with van der Waals surface area (Å²) in [6, 6.07) is 15.6. The number of esters is 1. The van der Waals surface area contributed by atoms with Crippen LogP contribution in [-0.2, 0) is 22.6 Å². The lowest BCUT2D eigenvalue weighted by atomic mass is 10.1. The van der Waals surface area contributed by atoms with Gasteiger partial charge in [0.15, 0.2) is 0 Å². The molecule has 0 spiro atoms. The minimum atomic E-state index is -0.232. The molecule has 0 saturated carbocycles. The molecule has 0 N–H and O–H groups in total. The molecule has 0 heterocycles. The average molecular weight is 349 g/mol. The average Bonchev–Trinajstić information content (AvgIpc) is 2.46. The Labute approximate surface area is 133 Å². The molecule has 0 amide bonds. The van der Waals surface area contributed by atoms with Crippen molar-refractivity contribution in [2.75, 3.05) is 6.61 Å². The van der Waals surface area contributed by atoms with Crippen molar-refractivity contribution in [3.05, 3.63) is 64.1 Å². The van der Waals surface area contributed by atoms with Crippen molar-refractivity contribution in [3.63, 3.8) is 0 Å². The van der Waals surface area contributed by atoms with Crippen molar-refractivity contribution < 1.29 is 14.3 Å². The van der Waals surface area contributed by atoms with Gasteiger partial charge in [-0.1, -0.05) is 46.3 Å². The summed E-state index contributed by atoms with van der Waals surface area (Å²) in [5.74, 6) is 0.497.